The number of nitrogens with zero attached hydrogens (tertiary/aromatic N) is 1. The number of hydrogen-bond acceptors (Lipinski definition) is 6. The number of hydrogen-bond donors (Lipinski definition) is 2. The number of carbonyl (C=O) groups excluding carboxylic acids is 1. The number of nitro benzene ring substituents is 1. The number of carbonyl (C=O) groups is 2. The second-order valence-corrected chi connectivity index (χ2v) is 5.49. The predicted molar refractivity (Wildman–Crippen MR) is 92.3 cm³/mol. The first-order valence-electron chi connectivity index (χ1n) is 7.58. The largest absolute Gasteiger partial charge is 0.478 e. The van der Waals surface area contributed by atoms with E-state index in [9.17, 15) is 24.8 Å². The molecule has 1 aliphatic rings. The Labute approximate surface area is 149 Å². The molecular weight excluding hydrogens is 344 g/mol. The van der Waals surface area contributed by atoms with E-state index in [1.807, 2.05) is 6.92 Å². The molecule has 1 aromatic carbocycles. The molecule has 0 spiro atoms. The van der Waals surface area contributed by atoms with Crippen LogP contribution in [0.4, 0.5) is 5.69 Å². The first kappa shape index (κ1) is 20.8. The molecule has 1 aliphatic heterocycles. The molecule has 4 N–H and O–H groups in total. The van der Waals surface area contributed by atoms with Crippen LogP contribution in [0.15, 0.2) is 46.8 Å². The zero-order valence-corrected chi connectivity index (χ0v) is 14.5. The van der Waals surface area contributed by atoms with Gasteiger partial charge in [0.15, 0.2) is 0 Å². The first-order chi connectivity index (χ1) is 11.8. The fourth-order valence-corrected chi connectivity index (χ4v) is 2.96. The van der Waals surface area contributed by atoms with Crippen molar-refractivity contribution in [2.45, 2.75) is 26.2 Å². The summed E-state index contributed by atoms with van der Waals surface area (Å²) in [6.07, 6.45) is 0.445. The number of allylic oxidation sites excluding steroid dienone is 2. The number of carboxylic acids is 1. The number of dihydropyridines is 1. The minimum absolute atomic E-state index is 0. The van der Waals surface area contributed by atoms with Gasteiger partial charge in [0.2, 0.25) is 0 Å². The van der Waals surface area contributed by atoms with Crippen molar-refractivity contribution in [3.05, 3.63) is 62.5 Å². The number of aliphatic carboxylic acids is 1. The van der Waals surface area contributed by atoms with E-state index in [1.165, 1.54) is 25.3 Å². The van der Waals surface area contributed by atoms with E-state index in [1.54, 1.807) is 13.0 Å². The van der Waals surface area contributed by atoms with E-state index in [4.69, 9.17) is 4.74 Å². The maximum Gasteiger partial charge on any atom is 0.336 e. The van der Waals surface area contributed by atoms with E-state index < -0.39 is 22.8 Å². The Hall–Kier alpha value is -3.20. The average molecular weight is 364 g/mol. The van der Waals surface area contributed by atoms with Crippen molar-refractivity contribution in [2.75, 3.05) is 7.11 Å². The van der Waals surface area contributed by atoms with Gasteiger partial charge in [0, 0.05) is 23.5 Å². The number of carboxylic acid groups (broad SMARTS) is 1. The maximum absolute atomic E-state index is 12.3. The highest BCUT2D eigenvalue weighted by Crippen LogP contribution is 2.40. The molecule has 2 rings (SSSR count). The van der Waals surface area contributed by atoms with Crippen LogP contribution in [-0.4, -0.2) is 34.6 Å². The summed E-state index contributed by atoms with van der Waals surface area (Å²) in [5.74, 6) is -2.84. The number of esters is 1. The van der Waals surface area contributed by atoms with Crippen molar-refractivity contribution in [1.29, 1.82) is 0 Å². The summed E-state index contributed by atoms with van der Waals surface area (Å²) in [5, 5.41) is 23.7. The Balaban J connectivity index is 0.00000338. The number of nitrogens with one attached hydrogen (secondary N) is 1. The highest BCUT2D eigenvalue weighted by atomic mass is 16.6. The van der Waals surface area contributed by atoms with E-state index in [-0.39, 0.29) is 22.3 Å². The van der Waals surface area contributed by atoms with Crippen LogP contribution < -0.4 is 5.32 Å². The summed E-state index contributed by atoms with van der Waals surface area (Å²) in [5.41, 5.74) is 1.19. The molecule has 0 aliphatic carbocycles. The molecule has 0 bridgehead atoms. The summed E-state index contributed by atoms with van der Waals surface area (Å²) < 4.78 is 4.83. The molecule has 9 heteroatoms. The lowest BCUT2D eigenvalue weighted by atomic mass is 9.79. The molecule has 26 heavy (non-hydrogen) atoms. The van der Waals surface area contributed by atoms with Crippen LogP contribution in [0, 0.1) is 10.1 Å². The molecule has 0 saturated heterocycles. The molecule has 1 heterocycles. The number of non-ortho nitro benzene ring substituents is 1. The van der Waals surface area contributed by atoms with Crippen LogP contribution in [0.25, 0.3) is 0 Å². The standard InChI is InChI=1S/C17H18N2O6.H2O/c1-4-12-15(17(22)25-3)14(13(16(20)21)9(2)18-12)10-6-5-7-11(8-10)19(23)24;/h5-8,14,18H,4H2,1-3H3,(H,20,21);1H2. The summed E-state index contributed by atoms with van der Waals surface area (Å²) in [6.45, 7) is 3.41. The third-order valence-corrected chi connectivity index (χ3v) is 4.05. The fourth-order valence-electron chi connectivity index (χ4n) is 2.96. The number of benzene rings is 1. The number of nitro groups is 1. The Morgan fingerprint density at radius 3 is 2.50 bits per heavy atom. The minimum Gasteiger partial charge on any atom is -0.478 e. The van der Waals surface area contributed by atoms with E-state index in [0.29, 0.717) is 23.4 Å². The summed E-state index contributed by atoms with van der Waals surface area (Å²) >= 11 is 0. The maximum atomic E-state index is 12.3. The van der Waals surface area contributed by atoms with Gasteiger partial charge in [0.25, 0.3) is 5.69 Å². The lowest BCUT2D eigenvalue weighted by Gasteiger charge is -2.30. The van der Waals surface area contributed by atoms with Crippen LogP contribution in [0.3, 0.4) is 0 Å². The van der Waals surface area contributed by atoms with Gasteiger partial charge in [-0.2, -0.15) is 0 Å². The Morgan fingerprint density at radius 1 is 1.35 bits per heavy atom. The summed E-state index contributed by atoms with van der Waals surface area (Å²) in [6, 6.07) is 5.62. The van der Waals surface area contributed by atoms with Crippen molar-refractivity contribution in [1.82, 2.24) is 5.32 Å². The Morgan fingerprint density at radius 2 is 2.00 bits per heavy atom. The van der Waals surface area contributed by atoms with Gasteiger partial charge in [-0.25, -0.2) is 9.59 Å². The highest BCUT2D eigenvalue weighted by molar-refractivity contribution is 5.99. The van der Waals surface area contributed by atoms with Gasteiger partial charge < -0.3 is 20.6 Å². The van der Waals surface area contributed by atoms with Gasteiger partial charge >= 0.3 is 11.9 Å². The third-order valence-electron chi connectivity index (χ3n) is 4.05. The topological polar surface area (TPSA) is 150 Å². The zero-order valence-electron chi connectivity index (χ0n) is 14.5. The van der Waals surface area contributed by atoms with Crippen LogP contribution >= 0.6 is 0 Å². The molecule has 0 aromatic heterocycles. The SMILES string of the molecule is CCC1=C(C(=O)OC)C(c2cccc([N+](=O)[O-])c2)C(C(=O)O)=C(C)N1.O. The first-order valence-corrected chi connectivity index (χ1v) is 7.58. The number of rotatable bonds is 5. The van der Waals surface area contributed by atoms with E-state index in [2.05, 4.69) is 5.32 Å². The van der Waals surface area contributed by atoms with Crippen molar-refractivity contribution in [3.63, 3.8) is 0 Å². The third kappa shape index (κ3) is 3.72. The van der Waals surface area contributed by atoms with Crippen LogP contribution in [-0.2, 0) is 14.3 Å². The Bertz CT molecular complexity index is 811. The lowest BCUT2D eigenvalue weighted by molar-refractivity contribution is -0.384. The summed E-state index contributed by atoms with van der Waals surface area (Å²) in [7, 11) is 1.21. The van der Waals surface area contributed by atoms with Gasteiger partial charge in [-0.1, -0.05) is 19.1 Å². The molecule has 0 amide bonds. The fraction of sp³-hybridized carbons (Fsp3) is 0.294. The molecule has 1 atom stereocenters. The Kier molecular flexibility index (Phi) is 6.62. The second-order valence-electron chi connectivity index (χ2n) is 5.49. The molecule has 1 aromatic rings. The zero-order chi connectivity index (χ0) is 18.7. The number of methoxy groups -OCH3 is 1. The molecule has 1 unspecified atom stereocenters. The number of ether oxygens (including phenoxy) is 1. The van der Waals surface area contributed by atoms with Crippen molar-refractivity contribution < 1.29 is 29.8 Å². The molecule has 9 nitrogen and oxygen atoms in total. The van der Waals surface area contributed by atoms with Gasteiger partial charge in [0.05, 0.1) is 29.1 Å². The molecule has 0 saturated carbocycles. The van der Waals surface area contributed by atoms with Crippen molar-refractivity contribution >= 4 is 17.6 Å². The molecular formula is C17H20N2O7. The lowest BCUT2D eigenvalue weighted by Crippen LogP contribution is -2.32. The minimum atomic E-state index is -1.21. The van der Waals surface area contributed by atoms with Crippen LogP contribution in [0.2, 0.25) is 0 Å². The van der Waals surface area contributed by atoms with E-state index >= 15 is 0 Å². The monoisotopic (exact) mass is 364 g/mol. The van der Waals surface area contributed by atoms with Gasteiger partial charge in [-0.3, -0.25) is 10.1 Å². The molecule has 0 fully saturated rings. The van der Waals surface area contributed by atoms with Gasteiger partial charge in [-0.15, -0.1) is 0 Å². The van der Waals surface area contributed by atoms with E-state index in [0.717, 1.165) is 0 Å². The predicted octanol–water partition coefficient (Wildman–Crippen LogP) is 1.65. The van der Waals surface area contributed by atoms with Crippen molar-refractivity contribution in [2.24, 2.45) is 0 Å². The quantitative estimate of drug-likeness (QED) is 0.458. The van der Waals surface area contributed by atoms with Gasteiger partial charge in [-0.05, 0) is 18.9 Å². The van der Waals surface area contributed by atoms with Crippen molar-refractivity contribution in [3.8, 4) is 0 Å². The van der Waals surface area contributed by atoms with Crippen LogP contribution in [0.5, 0.6) is 0 Å². The molecule has 0 radical (unpaired) electrons. The summed E-state index contributed by atoms with van der Waals surface area (Å²) in [4.78, 5) is 34.7. The second kappa shape index (κ2) is 8.26. The smallest absolute Gasteiger partial charge is 0.336 e. The van der Waals surface area contributed by atoms with Crippen LogP contribution in [0.1, 0.15) is 31.7 Å². The average Bonchev–Trinajstić information content (AvgIpc) is 2.59. The highest BCUT2D eigenvalue weighted by Gasteiger charge is 2.38. The van der Waals surface area contributed by atoms with Gasteiger partial charge in [0.1, 0.15) is 0 Å². The molecule has 140 valence electrons. The normalized spacial score (nSPS) is 16.5.